The second kappa shape index (κ2) is 5.60. The Labute approximate surface area is 142 Å². The highest BCUT2D eigenvalue weighted by atomic mass is 28.3. The van der Waals surface area contributed by atoms with Crippen LogP contribution < -0.4 is 5.19 Å². The van der Waals surface area contributed by atoms with Gasteiger partial charge in [0.2, 0.25) is 0 Å². The lowest BCUT2D eigenvalue weighted by Crippen LogP contribution is -2.70. The molecule has 1 N–H and O–H groups in total. The topological polar surface area (TPSA) is 20.2 Å². The largest absolute Gasteiger partial charge is 0.392 e. The lowest BCUT2D eigenvalue weighted by Gasteiger charge is -2.65. The number of hydrogen-bond acceptors (Lipinski definition) is 1. The minimum atomic E-state index is -2.04. The lowest BCUT2D eigenvalue weighted by atomic mass is 9.44. The molecular weight excluding hydrogens is 296 g/mol. The molecule has 0 spiro atoms. The quantitative estimate of drug-likeness (QED) is 0.622. The summed E-state index contributed by atoms with van der Waals surface area (Å²) >= 11 is 0. The van der Waals surface area contributed by atoms with E-state index in [-0.39, 0.29) is 0 Å². The predicted octanol–water partition coefficient (Wildman–Crippen LogP) is 4.52. The van der Waals surface area contributed by atoms with Crippen LogP contribution in [0, 0.1) is 23.2 Å². The minimum Gasteiger partial charge on any atom is -0.392 e. The van der Waals surface area contributed by atoms with E-state index in [9.17, 15) is 5.11 Å². The van der Waals surface area contributed by atoms with Crippen LogP contribution in [0.15, 0.2) is 43.0 Å². The molecule has 126 valence electrons. The molecule has 0 aliphatic heterocycles. The standard InChI is InChI=1S/C21H32OSi/c1-6-14-21(22,23(4,5)17-10-8-7-9-11-17)18-13-12-16-15-19(18)20(16,2)3/h6-11,16,18-19,22H,1,12-15H2,2-5H3/t16-,18+,19-,21+/m1/s1. The highest BCUT2D eigenvalue weighted by molar-refractivity contribution is 6.92. The van der Waals surface area contributed by atoms with E-state index in [0.29, 0.717) is 17.3 Å². The van der Waals surface area contributed by atoms with Gasteiger partial charge in [0.25, 0.3) is 0 Å². The lowest BCUT2D eigenvalue weighted by molar-refractivity contribution is -0.150. The van der Waals surface area contributed by atoms with Gasteiger partial charge in [-0.05, 0) is 48.9 Å². The van der Waals surface area contributed by atoms with Crippen molar-refractivity contribution in [2.24, 2.45) is 23.2 Å². The van der Waals surface area contributed by atoms with Crippen molar-refractivity contribution in [1.82, 2.24) is 0 Å². The molecule has 1 aromatic rings. The van der Waals surface area contributed by atoms with Gasteiger partial charge in [-0.15, -0.1) is 6.58 Å². The molecular formula is C21H32OSi. The fraction of sp³-hybridized carbons (Fsp3) is 0.619. The molecule has 3 fully saturated rings. The highest BCUT2D eigenvalue weighted by Gasteiger charge is 2.62. The zero-order chi connectivity index (χ0) is 16.9. The molecule has 1 aromatic carbocycles. The number of benzene rings is 1. The van der Waals surface area contributed by atoms with Gasteiger partial charge in [-0.25, -0.2) is 0 Å². The first-order valence-electron chi connectivity index (χ1n) is 9.14. The van der Waals surface area contributed by atoms with Gasteiger partial charge in [0, 0.05) is 0 Å². The summed E-state index contributed by atoms with van der Waals surface area (Å²) in [6.07, 6.45) is 6.47. The summed E-state index contributed by atoms with van der Waals surface area (Å²) in [5, 5.41) is 12.8. The summed E-state index contributed by atoms with van der Waals surface area (Å²) in [6, 6.07) is 10.7. The normalized spacial score (nSPS) is 31.8. The van der Waals surface area contributed by atoms with Crippen LogP contribution in [0.4, 0.5) is 0 Å². The molecule has 0 heterocycles. The van der Waals surface area contributed by atoms with E-state index in [4.69, 9.17) is 0 Å². The Morgan fingerprint density at radius 2 is 1.91 bits per heavy atom. The molecule has 2 heteroatoms. The first kappa shape index (κ1) is 17.0. The Bertz CT molecular complexity index is 575. The van der Waals surface area contributed by atoms with E-state index < -0.39 is 13.3 Å². The molecule has 3 aliphatic carbocycles. The maximum atomic E-state index is 12.0. The summed E-state index contributed by atoms with van der Waals surface area (Å²) in [4.78, 5) is 0. The molecule has 2 bridgehead atoms. The third-order valence-corrected chi connectivity index (χ3v) is 12.0. The van der Waals surface area contributed by atoms with E-state index >= 15 is 0 Å². The number of aliphatic hydroxyl groups is 1. The molecule has 4 atom stereocenters. The molecule has 0 radical (unpaired) electrons. The second-order valence-electron chi connectivity index (χ2n) is 8.95. The summed E-state index contributed by atoms with van der Waals surface area (Å²) < 4.78 is 0. The Kier molecular flexibility index (Phi) is 4.13. The van der Waals surface area contributed by atoms with Gasteiger partial charge >= 0.3 is 0 Å². The van der Waals surface area contributed by atoms with Crippen LogP contribution in [0.2, 0.25) is 13.1 Å². The maximum Gasteiger partial charge on any atom is 0.117 e. The van der Waals surface area contributed by atoms with E-state index in [1.54, 1.807) is 0 Å². The third-order valence-electron chi connectivity index (χ3n) is 7.50. The van der Waals surface area contributed by atoms with Crippen molar-refractivity contribution in [3.8, 4) is 0 Å². The van der Waals surface area contributed by atoms with Gasteiger partial charge in [-0.1, -0.05) is 68.5 Å². The Hall–Kier alpha value is -0.863. The number of fused-ring (bicyclic) bond motifs is 2. The van der Waals surface area contributed by atoms with Crippen LogP contribution in [0.3, 0.4) is 0 Å². The molecule has 3 saturated carbocycles. The fourth-order valence-electron chi connectivity index (χ4n) is 5.58. The molecule has 3 aliphatic rings. The highest BCUT2D eigenvalue weighted by Crippen LogP contribution is 2.64. The SMILES string of the molecule is C=CC[C@@](O)([C@H]1CC[C@@H]2C[C@H]1C2(C)C)[Si](C)(C)c1ccccc1. The van der Waals surface area contributed by atoms with Gasteiger partial charge in [-0.2, -0.15) is 0 Å². The van der Waals surface area contributed by atoms with Gasteiger partial charge in [0.15, 0.2) is 0 Å². The van der Waals surface area contributed by atoms with E-state index in [1.165, 1.54) is 24.4 Å². The minimum absolute atomic E-state index is 0.402. The van der Waals surface area contributed by atoms with Crippen LogP contribution in [0.5, 0.6) is 0 Å². The van der Waals surface area contributed by atoms with Crippen LogP contribution in [0.25, 0.3) is 0 Å². The van der Waals surface area contributed by atoms with Crippen LogP contribution in [-0.2, 0) is 0 Å². The average molecular weight is 329 g/mol. The van der Waals surface area contributed by atoms with Crippen molar-refractivity contribution in [2.45, 2.75) is 57.8 Å². The molecule has 0 unspecified atom stereocenters. The molecule has 0 saturated heterocycles. The maximum absolute atomic E-state index is 12.0. The van der Waals surface area contributed by atoms with Gasteiger partial charge in [-0.3, -0.25) is 0 Å². The van der Waals surface area contributed by atoms with Crippen LogP contribution >= 0.6 is 0 Å². The molecule has 4 rings (SSSR count). The van der Waals surface area contributed by atoms with Crippen molar-refractivity contribution in [3.05, 3.63) is 43.0 Å². The Morgan fingerprint density at radius 1 is 1.26 bits per heavy atom. The first-order valence-corrected chi connectivity index (χ1v) is 12.1. The molecule has 23 heavy (non-hydrogen) atoms. The Morgan fingerprint density at radius 3 is 2.43 bits per heavy atom. The third kappa shape index (κ3) is 2.37. The smallest absolute Gasteiger partial charge is 0.117 e. The predicted molar refractivity (Wildman–Crippen MR) is 101 cm³/mol. The summed E-state index contributed by atoms with van der Waals surface area (Å²) in [5.74, 6) is 1.96. The van der Waals surface area contributed by atoms with Crippen LogP contribution in [0.1, 0.15) is 39.5 Å². The van der Waals surface area contributed by atoms with Crippen molar-refractivity contribution in [1.29, 1.82) is 0 Å². The summed E-state index contributed by atoms with van der Waals surface area (Å²) in [5.41, 5.74) is 0.402. The Balaban J connectivity index is 2.01. The zero-order valence-electron chi connectivity index (χ0n) is 15.2. The first-order chi connectivity index (χ1) is 10.7. The van der Waals surface area contributed by atoms with E-state index in [0.717, 1.165) is 12.3 Å². The van der Waals surface area contributed by atoms with Crippen molar-refractivity contribution >= 4 is 13.3 Å². The fourth-order valence-corrected chi connectivity index (χ4v) is 9.03. The molecule has 0 aromatic heterocycles. The molecule has 0 amide bonds. The summed E-state index contributed by atoms with van der Waals surface area (Å²) in [7, 11) is -2.04. The number of rotatable bonds is 5. The van der Waals surface area contributed by atoms with Crippen molar-refractivity contribution < 1.29 is 5.11 Å². The molecule has 1 nitrogen and oxygen atoms in total. The number of hydrogen-bond donors (Lipinski definition) is 1. The average Bonchev–Trinajstić information content (AvgIpc) is 2.55. The van der Waals surface area contributed by atoms with E-state index in [1.807, 2.05) is 6.08 Å². The zero-order valence-corrected chi connectivity index (χ0v) is 16.2. The van der Waals surface area contributed by atoms with Crippen LogP contribution in [-0.4, -0.2) is 18.4 Å². The van der Waals surface area contributed by atoms with Crippen molar-refractivity contribution in [2.75, 3.05) is 0 Å². The van der Waals surface area contributed by atoms with Gasteiger partial charge in [0.05, 0.1) is 5.22 Å². The van der Waals surface area contributed by atoms with Gasteiger partial charge < -0.3 is 5.11 Å². The summed E-state index contributed by atoms with van der Waals surface area (Å²) in [6.45, 7) is 13.5. The van der Waals surface area contributed by atoms with Gasteiger partial charge in [0.1, 0.15) is 8.07 Å². The monoisotopic (exact) mass is 328 g/mol. The van der Waals surface area contributed by atoms with E-state index in [2.05, 4.69) is 63.9 Å². The second-order valence-corrected chi connectivity index (χ2v) is 13.6. The van der Waals surface area contributed by atoms with Crippen molar-refractivity contribution in [3.63, 3.8) is 0 Å².